The van der Waals surface area contributed by atoms with E-state index in [0.717, 1.165) is 29.9 Å². The van der Waals surface area contributed by atoms with Gasteiger partial charge < -0.3 is 10.2 Å². The third-order valence-electron chi connectivity index (χ3n) is 3.19. The Morgan fingerprint density at radius 2 is 2.29 bits per heavy atom. The molecular formula is C13H21ClN2S. The Bertz CT molecular complexity index is 336. The molecule has 0 unspecified atom stereocenters. The summed E-state index contributed by atoms with van der Waals surface area (Å²) in [4.78, 5) is 3.87. The number of hydrogen-bond acceptors (Lipinski definition) is 3. The van der Waals surface area contributed by atoms with E-state index in [9.17, 15) is 0 Å². The van der Waals surface area contributed by atoms with E-state index in [-0.39, 0.29) is 0 Å². The Hall–Kier alpha value is -0.0900. The highest BCUT2D eigenvalue weighted by Crippen LogP contribution is 2.29. The maximum Gasteiger partial charge on any atom is 0.0931 e. The Morgan fingerprint density at radius 3 is 2.88 bits per heavy atom. The highest BCUT2D eigenvalue weighted by atomic mass is 35.5. The minimum Gasteiger partial charge on any atom is -0.311 e. The van der Waals surface area contributed by atoms with Crippen LogP contribution in [0.2, 0.25) is 4.34 Å². The van der Waals surface area contributed by atoms with Crippen molar-refractivity contribution in [3.8, 4) is 0 Å². The van der Waals surface area contributed by atoms with Crippen molar-refractivity contribution in [2.45, 2.75) is 26.3 Å². The lowest BCUT2D eigenvalue weighted by atomic mass is 10.3. The van der Waals surface area contributed by atoms with Crippen molar-refractivity contribution in [1.29, 1.82) is 0 Å². The van der Waals surface area contributed by atoms with Crippen LogP contribution >= 0.6 is 22.9 Å². The SMILES string of the molecule is CCN(CCNCc1ccc(Cl)s1)CC1CC1. The molecule has 1 aromatic rings. The fourth-order valence-electron chi connectivity index (χ4n) is 1.94. The van der Waals surface area contributed by atoms with Crippen molar-refractivity contribution >= 4 is 22.9 Å². The molecule has 4 heteroatoms. The molecule has 0 saturated heterocycles. The third kappa shape index (κ3) is 4.96. The minimum absolute atomic E-state index is 0.880. The third-order valence-corrected chi connectivity index (χ3v) is 4.42. The summed E-state index contributed by atoms with van der Waals surface area (Å²) in [7, 11) is 0. The van der Waals surface area contributed by atoms with E-state index < -0.39 is 0 Å². The lowest BCUT2D eigenvalue weighted by molar-refractivity contribution is 0.276. The molecule has 0 amide bonds. The molecule has 0 radical (unpaired) electrons. The van der Waals surface area contributed by atoms with Gasteiger partial charge in [0.1, 0.15) is 0 Å². The summed E-state index contributed by atoms with van der Waals surface area (Å²) < 4.78 is 0.880. The molecule has 0 aliphatic heterocycles. The van der Waals surface area contributed by atoms with Gasteiger partial charge in [0.25, 0.3) is 0 Å². The first-order valence-corrected chi connectivity index (χ1v) is 7.64. The smallest absolute Gasteiger partial charge is 0.0931 e. The lowest BCUT2D eigenvalue weighted by Crippen LogP contribution is -2.33. The summed E-state index contributed by atoms with van der Waals surface area (Å²) in [5.41, 5.74) is 0. The van der Waals surface area contributed by atoms with Gasteiger partial charge in [-0.05, 0) is 37.4 Å². The largest absolute Gasteiger partial charge is 0.311 e. The van der Waals surface area contributed by atoms with E-state index in [4.69, 9.17) is 11.6 Å². The molecule has 0 bridgehead atoms. The number of nitrogens with one attached hydrogen (secondary N) is 1. The molecule has 1 saturated carbocycles. The molecule has 96 valence electrons. The summed E-state index contributed by atoms with van der Waals surface area (Å²) in [5, 5.41) is 3.48. The highest BCUT2D eigenvalue weighted by Gasteiger charge is 2.23. The van der Waals surface area contributed by atoms with E-state index in [1.54, 1.807) is 11.3 Å². The number of halogens is 1. The number of nitrogens with zero attached hydrogens (tertiary/aromatic N) is 1. The van der Waals surface area contributed by atoms with Gasteiger partial charge in [0.05, 0.1) is 4.34 Å². The van der Waals surface area contributed by atoms with E-state index in [2.05, 4.69) is 23.2 Å². The van der Waals surface area contributed by atoms with Gasteiger partial charge >= 0.3 is 0 Å². The Labute approximate surface area is 113 Å². The molecule has 1 N–H and O–H groups in total. The highest BCUT2D eigenvalue weighted by molar-refractivity contribution is 7.16. The first-order valence-electron chi connectivity index (χ1n) is 6.45. The average Bonchev–Trinajstić information content (AvgIpc) is 3.05. The van der Waals surface area contributed by atoms with Crippen LogP contribution in [0.15, 0.2) is 12.1 Å². The molecule has 0 atom stereocenters. The molecule has 17 heavy (non-hydrogen) atoms. The van der Waals surface area contributed by atoms with Gasteiger partial charge in [-0.2, -0.15) is 0 Å². The molecule has 2 rings (SSSR count). The molecule has 1 heterocycles. The molecule has 0 spiro atoms. The van der Waals surface area contributed by atoms with Crippen LogP contribution < -0.4 is 5.32 Å². The Kier molecular flexibility index (Phi) is 5.29. The van der Waals surface area contributed by atoms with Crippen molar-refractivity contribution < 1.29 is 0 Å². The predicted octanol–water partition coefficient (Wildman–Crippen LogP) is 3.22. The van der Waals surface area contributed by atoms with Crippen molar-refractivity contribution in [3.63, 3.8) is 0 Å². The van der Waals surface area contributed by atoms with Crippen LogP contribution in [-0.2, 0) is 6.54 Å². The number of rotatable bonds is 8. The molecule has 1 fully saturated rings. The Morgan fingerprint density at radius 1 is 1.47 bits per heavy atom. The van der Waals surface area contributed by atoms with Gasteiger partial charge in [-0.3, -0.25) is 0 Å². The molecule has 1 aromatic heterocycles. The predicted molar refractivity (Wildman–Crippen MR) is 75.9 cm³/mol. The zero-order chi connectivity index (χ0) is 12.1. The first kappa shape index (κ1) is 13.3. The summed E-state index contributed by atoms with van der Waals surface area (Å²) in [6, 6.07) is 4.07. The van der Waals surface area contributed by atoms with E-state index in [1.165, 1.54) is 30.8 Å². The van der Waals surface area contributed by atoms with Crippen LogP contribution in [0.5, 0.6) is 0 Å². The normalized spacial score (nSPS) is 15.7. The van der Waals surface area contributed by atoms with Gasteiger partial charge in [0.15, 0.2) is 0 Å². The van der Waals surface area contributed by atoms with Crippen molar-refractivity contribution in [2.24, 2.45) is 5.92 Å². The van der Waals surface area contributed by atoms with Gasteiger partial charge in [-0.15, -0.1) is 11.3 Å². The molecule has 1 aliphatic carbocycles. The van der Waals surface area contributed by atoms with E-state index in [0.29, 0.717) is 0 Å². The standard InChI is InChI=1S/C13H21ClN2S/c1-2-16(10-11-3-4-11)8-7-15-9-12-5-6-13(14)17-12/h5-6,11,15H,2-4,7-10H2,1H3. The topological polar surface area (TPSA) is 15.3 Å². The molecule has 0 aromatic carbocycles. The van der Waals surface area contributed by atoms with Crippen LogP contribution in [0.1, 0.15) is 24.6 Å². The second kappa shape index (κ2) is 6.74. The zero-order valence-electron chi connectivity index (χ0n) is 10.4. The van der Waals surface area contributed by atoms with Crippen LogP contribution in [0.4, 0.5) is 0 Å². The maximum atomic E-state index is 5.89. The fraction of sp³-hybridized carbons (Fsp3) is 0.692. The van der Waals surface area contributed by atoms with Crippen LogP contribution in [0, 0.1) is 5.92 Å². The monoisotopic (exact) mass is 272 g/mol. The quantitative estimate of drug-likeness (QED) is 0.731. The van der Waals surface area contributed by atoms with Crippen LogP contribution in [-0.4, -0.2) is 31.1 Å². The molecular weight excluding hydrogens is 252 g/mol. The summed E-state index contributed by atoms with van der Waals surface area (Å²) in [5.74, 6) is 0.992. The van der Waals surface area contributed by atoms with Crippen molar-refractivity contribution in [1.82, 2.24) is 10.2 Å². The number of thiophene rings is 1. The van der Waals surface area contributed by atoms with Crippen LogP contribution in [0.3, 0.4) is 0 Å². The van der Waals surface area contributed by atoms with Crippen molar-refractivity contribution in [3.05, 3.63) is 21.3 Å². The average molecular weight is 273 g/mol. The van der Waals surface area contributed by atoms with Gasteiger partial charge in [0, 0.05) is 31.1 Å². The second-order valence-corrected chi connectivity index (χ2v) is 6.52. The Balaban J connectivity index is 1.58. The van der Waals surface area contributed by atoms with E-state index in [1.807, 2.05) is 6.07 Å². The lowest BCUT2D eigenvalue weighted by Gasteiger charge is -2.20. The molecule has 2 nitrogen and oxygen atoms in total. The fourth-order valence-corrected chi connectivity index (χ4v) is 3.00. The minimum atomic E-state index is 0.880. The number of hydrogen-bond donors (Lipinski definition) is 1. The van der Waals surface area contributed by atoms with Gasteiger partial charge in [-0.25, -0.2) is 0 Å². The zero-order valence-corrected chi connectivity index (χ0v) is 12.0. The summed E-state index contributed by atoms with van der Waals surface area (Å²) in [6.07, 6.45) is 2.88. The summed E-state index contributed by atoms with van der Waals surface area (Å²) in [6.45, 7) is 7.88. The first-order chi connectivity index (χ1) is 8.28. The van der Waals surface area contributed by atoms with Crippen LogP contribution in [0.25, 0.3) is 0 Å². The maximum absolute atomic E-state index is 5.89. The van der Waals surface area contributed by atoms with Gasteiger partial charge in [0.2, 0.25) is 0 Å². The number of likely N-dealkylation sites (N-methyl/N-ethyl adjacent to an activating group) is 1. The second-order valence-electron chi connectivity index (χ2n) is 4.72. The van der Waals surface area contributed by atoms with Crippen molar-refractivity contribution in [2.75, 3.05) is 26.2 Å². The van der Waals surface area contributed by atoms with Gasteiger partial charge in [-0.1, -0.05) is 18.5 Å². The summed E-state index contributed by atoms with van der Waals surface area (Å²) >= 11 is 7.56. The molecule has 1 aliphatic rings. The van der Waals surface area contributed by atoms with E-state index >= 15 is 0 Å².